The van der Waals surface area contributed by atoms with Crippen LogP contribution < -0.4 is 4.57 Å². The third-order valence-corrected chi connectivity index (χ3v) is 5.17. The molecule has 0 atom stereocenters. The molecule has 2 rings (SSSR count). The fourth-order valence-electron chi connectivity index (χ4n) is 3.59. The van der Waals surface area contributed by atoms with E-state index >= 15 is 0 Å². The highest BCUT2D eigenvalue weighted by atomic mass is 15.1. The Hall–Kier alpha value is -1.57. The summed E-state index contributed by atoms with van der Waals surface area (Å²) in [6.45, 7) is 3.41. The molecule has 2 nitrogen and oxygen atoms in total. The van der Waals surface area contributed by atoms with Gasteiger partial charge in [0.25, 0.3) is 5.82 Å². The van der Waals surface area contributed by atoms with Crippen LogP contribution in [0.5, 0.6) is 0 Å². The molecule has 0 radical (unpaired) electrons. The summed E-state index contributed by atoms with van der Waals surface area (Å²) in [5.74, 6) is 1.49. The average Bonchev–Trinajstić information content (AvgIpc) is 2.98. The number of rotatable bonds is 13. The fraction of sp³-hybridized carbons (Fsp3) is 0.609. The van der Waals surface area contributed by atoms with Crippen LogP contribution >= 0.6 is 0 Å². The molecule has 2 heteroatoms. The van der Waals surface area contributed by atoms with Gasteiger partial charge in [0.2, 0.25) is 0 Å². The predicted octanol–water partition coefficient (Wildman–Crippen LogP) is 5.63. The van der Waals surface area contributed by atoms with Gasteiger partial charge >= 0.3 is 0 Å². The van der Waals surface area contributed by atoms with Crippen LogP contribution in [0.25, 0.3) is 0 Å². The number of nitrogens with zero attached hydrogens (tertiary/aromatic N) is 2. The largest absolute Gasteiger partial charge is 0.256 e. The van der Waals surface area contributed by atoms with Gasteiger partial charge in [-0.15, -0.1) is 0 Å². The van der Waals surface area contributed by atoms with E-state index < -0.39 is 0 Å². The zero-order valence-corrected chi connectivity index (χ0v) is 16.4. The van der Waals surface area contributed by atoms with Gasteiger partial charge in [0, 0.05) is 6.42 Å². The molecule has 0 aliphatic rings. The average molecular weight is 342 g/mol. The number of aryl methyl sites for hydroxylation is 3. The summed E-state index contributed by atoms with van der Waals surface area (Å²) in [6, 6.07) is 10.8. The van der Waals surface area contributed by atoms with Crippen LogP contribution in [-0.4, -0.2) is 4.57 Å². The molecular formula is C23H37N2+. The molecule has 2 aromatic rings. The van der Waals surface area contributed by atoms with Crippen LogP contribution in [0.15, 0.2) is 42.7 Å². The van der Waals surface area contributed by atoms with Crippen molar-refractivity contribution in [1.29, 1.82) is 0 Å². The second kappa shape index (κ2) is 11.9. The van der Waals surface area contributed by atoms with Gasteiger partial charge in [-0.25, -0.2) is 9.13 Å². The molecule has 0 spiro atoms. The van der Waals surface area contributed by atoms with E-state index in [2.05, 4.69) is 65.8 Å². The molecule has 1 aromatic carbocycles. The SMILES string of the molecule is CCCCCCCCCCc1n(CCCc2ccccc2)cc[n+]1C. The van der Waals surface area contributed by atoms with E-state index in [9.17, 15) is 0 Å². The fourth-order valence-corrected chi connectivity index (χ4v) is 3.59. The lowest BCUT2D eigenvalue weighted by Gasteiger charge is -2.04. The van der Waals surface area contributed by atoms with Crippen LogP contribution in [0, 0.1) is 0 Å². The molecular weight excluding hydrogens is 304 g/mol. The molecule has 0 N–H and O–H groups in total. The molecule has 0 fully saturated rings. The van der Waals surface area contributed by atoms with E-state index in [-0.39, 0.29) is 0 Å². The van der Waals surface area contributed by atoms with Crippen molar-refractivity contribution < 1.29 is 4.57 Å². The van der Waals surface area contributed by atoms with Crippen LogP contribution in [-0.2, 0) is 26.4 Å². The molecule has 0 aliphatic heterocycles. The quantitative estimate of drug-likeness (QED) is 0.330. The van der Waals surface area contributed by atoms with Gasteiger partial charge in [0.1, 0.15) is 12.4 Å². The van der Waals surface area contributed by atoms with Gasteiger partial charge in [0.05, 0.1) is 13.6 Å². The lowest BCUT2D eigenvalue weighted by Crippen LogP contribution is -2.32. The summed E-state index contributed by atoms with van der Waals surface area (Å²) in [5.41, 5.74) is 1.45. The lowest BCUT2D eigenvalue weighted by molar-refractivity contribution is -0.678. The first-order valence-electron chi connectivity index (χ1n) is 10.4. The van der Waals surface area contributed by atoms with Crippen molar-refractivity contribution in [2.75, 3.05) is 0 Å². The van der Waals surface area contributed by atoms with Crippen molar-refractivity contribution in [2.24, 2.45) is 7.05 Å². The zero-order valence-electron chi connectivity index (χ0n) is 16.4. The Bertz CT molecular complexity index is 571. The highest BCUT2D eigenvalue weighted by Gasteiger charge is 2.13. The number of hydrogen-bond donors (Lipinski definition) is 0. The molecule has 0 amide bonds. The van der Waals surface area contributed by atoms with Crippen molar-refractivity contribution in [3.05, 3.63) is 54.1 Å². The summed E-state index contributed by atoms with van der Waals surface area (Å²) in [6.07, 6.45) is 19.2. The number of hydrogen-bond acceptors (Lipinski definition) is 0. The molecule has 25 heavy (non-hydrogen) atoms. The summed E-state index contributed by atoms with van der Waals surface area (Å²) >= 11 is 0. The van der Waals surface area contributed by atoms with Gasteiger partial charge in [-0.3, -0.25) is 0 Å². The Morgan fingerprint density at radius 2 is 1.48 bits per heavy atom. The number of benzene rings is 1. The molecule has 1 aromatic heterocycles. The van der Waals surface area contributed by atoms with Crippen LogP contribution in [0.2, 0.25) is 0 Å². The summed E-state index contributed by atoms with van der Waals surface area (Å²) < 4.78 is 4.77. The standard InChI is InChI=1S/C23H37N2/c1-3-4-5-6-7-8-9-13-18-23-24(2)20-21-25(23)19-14-17-22-15-11-10-12-16-22/h10-12,15-16,20-21H,3-9,13-14,17-19H2,1-2H3/q+1. The second-order valence-corrected chi connectivity index (χ2v) is 7.33. The Labute approximate surface area is 154 Å². The van der Waals surface area contributed by atoms with Crippen molar-refractivity contribution in [2.45, 2.75) is 84.1 Å². The van der Waals surface area contributed by atoms with Crippen LogP contribution in [0.3, 0.4) is 0 Å². The maximum absolute atomic E-state index is 2.46. The topological polar surface area (TPSA) is 8.81 Å². The highest BCUT2D eigenvalue weighted by Crippen LogP contribution is 2.11. The van der Waals surface area contributed by atoms with Crippen molar-refractivity contribution in [3.8, 4) is 0 Å². The Morgan fingerprint density at radius 1 is 0.800 bits per heavy atom. The number of aromatic nitrogens is 2. The molecule has 0 saturated carbocycles. The third kappa shape index (κ3) is 7.46. The maximum Gasteiger partial charge on any atom is 0.256 e. The summed E-state index contributed by atoms with van der Waals surface area (Å²) in [7, 11) is 2.19. The monoisotopic (exact) mass is 341 g/mol. The first-order chi connectivity index (χ1) is 12.3. The van der Waals surface area contributed by atoms with E-state index in [0.29, 0.717) is 0 Å². The van der Waals surface area contributed by atoms with Crippen LogP contribution in [0.1, 0.15) is 76.1 Å². The highest BCUT2D eigenvalue weighted by molar-refractivity contribution is 5.14. The molecule has 138 valence electrons. The van der Waals surface area contributed by atoms with Crippen LogP contribution in [0.4, 0.5) is 0 Å². The van der Waals surface area contributed by atoms with E-state index in [4.69, 9.17) is 0 Å². The smallest absolute Gasteiger partial charge is 0.237 e. The van der Waals surface area contributed by atoms with Crippen molar-refractivity contribution in [3.63, 3.8) is 0 Å². The summed E-state index contributed by atoms with van der Waals surface area (Å²) in [4.78, 5) is 0. The third-order valence-electron chi connectivity index (χ3n) is 5.17. The van der Waals surface area contributed by atoms with Gasteiger partial charge in [0.15, 0.2) is 0 Å². The second-order valence-electron chi connectivity index (χ2n) is 7.33. The maximum atomic E-state index is 2.46. The van der Waals surface area contributed by atoms with E-state index in [0.717, 1.165) is 6.54 Å². The minimum atomic E-state index is 1.13. The molecule has 0 unspecified atom stereocenters. The Kier molecular flexibility index (Phi) is 9.40. The van der Waals surface area contributed by atoms with E-state index in [1.807, 2.05) is 0 Å². The van der Waals surface area contributed by atoms with Crippen molar-refractivity contribution >= 4 is 0 Å². The zero-order chi connectivity index (χ0) is 17.7. The molecule has 0 bridgehead atoms. The minimum Gasteiger partial charge on any atom is -0.237 e. The Balaban J connectivity index is 1.66. The number of unbranched alkanes of at least 4 members (excludes halogenated alkanes) is 7. The number of imidazole rings is 1. The first kappa shape index (κ1) is 19.8. The minimum absolute atomic E-state index is 1.13. The first-order valence-corrected chi connectivity index (χ1v) is 10.4. The molecule has 0 saturated heterocycles. The summed E-state index contributed by atoms with van der Waals surface area (Å²) in [5, 5.41) is 0. The van der Waals surface area contributed by atoms with Gasteiger partial charge in [-0.1, -0.05) is 82.2 Å². The predicted molar refractivity (Wildman–Crippen MR) is 107 cm³/mol. The Morgan fingerprint density at radius 3 is 2.20 bits per heavy atom. The lowest BCUT2D eigenvalue weighted by atomic mass is 10.1. The molecule has 1 heterocycles. The van der Waals surface area contributed by atoms with E-state index in [1.54, 1.807) is 0 Å². The van der Waals surface area contributed by atoms with Gasteiger partial charge < -0.3 is 0 Å². The molecule has 0 aliphatic carbocycles. The van der Waals surface area contributed by atoms with Gasteiger partial charge in [-0.2, -0.15) is 0 Å². The van der Waals surface area contributed by atoms with Gasteiger partial charge in [-0.05, 0) is 24.8 Å². The van der Waals surface area contributed by atoms with E-state index in [1.165, 1.54) is 82.0 Å². The van der Waals surface area contributed by atoms with Crippen molar-refractivity contribution in [1.82, 2.24) is 4.57 Å². The normalized spacial score (nSPS) is 11.1.